The van der Waals surface area contributed by atoms with Gasteiger partial charge in [0, 0.05) is 65.3 Å². The van der Waals surface area contributed by atoms with E-state index in [0.29, 0.717) is 0 Å². The first kappa shape index (κ1) is 23.1. The van der Waals surface area contributed by atoms with E-state index in [-0.39, 0.29) is 24.0 Å². The van der Waals surface area contributed by atoms with Crippen molar-refractivity contribution in [2.75, 3.05) is 58.3 Å². The van der Waals surface area contributed by atoms with Gasteiger partial charge in [0.2, 0.25) is 5.95 Å². The van der Waals surface area contributed by atoms with E-state index in [2.05, 4.69) is 47.5 Å². The molecule has 158 valence electrons. The number of anilines is 1. The summed E-state index contributed by atoms with van der Waals surface area (Å²) in [6.07, 6.45) is 3.59. The second kappa shape index (κ2) is 12.4. The molecule has 0 aliphatic carbocycles. The predicted molar refractivity (Wildman–Crippen MR) is 127 cm³/mol. The molecule has 2 aromatic rings. The molecule has 0 saturated carbocycles. The van der Waals surface area contributed by atoms with Crippen molar-refractivity contribution in [3.63, 3.8) is 0 Å². The van der Waals surface area contributed by atoms with E-state index in [9.17, 15) is 0 Å². The number of halogens is 1. The van der Waals surface area contributed by atoms with E-state index in [0.717, 1.165) is 63.5 Å². The highest BCUT2D eigenvalue weighted by atomic mass is 127. The van der Waals surface area contributed by atoms with Crippen molar-refractivity contribution in [2.24, 2.45) is 4.99 Å². The van der Waals surface area contributed by atoms with Crippen molar-refractivity contribution >= 4 is 35.9 Å². The van der Waals surface area contributed by atoms with Crippen molar-refractivity contribution in [2.45, 2.75) is 6.54 Å². The molecule has 1 aliphatic heterocycles. The van der Waals surface area contributed by atoms with Crippen LogP contribution in [0.25, 0.3) is 0 Å². The van der Waals surface area contributed by atoms with Crippen LogP contribution in [0.2, 0.25) is 0 Å². The van der Waals surface area contributed by atoms with Crippen molar-refractivity contribution in [3.05, 3.63) is 48.3 Å². The van der Waals surface area contributed by atoms with Crippen LogP contribution in [0.15, 0.2) is 47.7 Å². The number of guanidine groups is 1. The van der Waals surface area contributed by atoms with Crippen LogP contribution in [-0.2, 0) is 6.54 Å². The minimum atomic E-state index is 0. The maximum atomic E-state index is 5.19. The molecule has 0 unspecified atom stereocenters. The molecular weight excluding hydrogens is 481 g/mol. The molecule has 1 aromatic carbocycles. The molecule has 0 bridgehead atoms. The molecule has 1 aromatic heterocycles. The van der Waals surface area contributed by atoms with Gasteiger partial charge >= 0.3 is 0 Å². The summed E-state index contributed by atoms with van der Waals surface area (Å²) in [7, 11) is 3.47. The number of methoxy groups -OCH3 is 1. The van der Waals surface area contributed by atoms with Crippen molar-refractivity contribution < 1.29 is 4.74 Å². The first-order valence-electron chi connectivity index (χ1n) is 9.60. The van der Waals surface area contributed by atoms with Gasteiger partial charge < -0.3 is 20.3 Å². The lowest BCUT2D eigenvalue weighted by atomic mass is 10.2. The Morgan fingerprint density at radius 1 is 1.07 bits per heavy atom. The van der Waals surface area contributed by atoms with Gasteiger partial charge in [0.15, 0.2) is 5.96 Å². The third-order valence-corrected chi connectivity index (χ3v) is 4.77. The second-order valence-electron chi connectivity index (χ2n) is 6.58. The number of piperazine rings is 1. The standard InChI is InChI=1S/C20H29N7O.HI/c1-21-19(25-16-17-4-6-18(28-2)7-5-17)22-10-11-26-12-14-27(15-13-26)20-23-8-3-9-24-20;/h3-9H,10-16H2,1-2H3,(H2,21,22,25);1H. The van der Waals surface area contributed by atoms with E-state index in [1.807, 2.05) is 18.2 Å². The molecule has 0 spiro atoms. The van der Waals surface area contributed by atoms with Gasteiger partial charge in [-0.2, -0.15) is 0 Å². The van der Waals surface area contributed by atoms with Crippen LogP contribution in [0.3, 0.4) is 0 Å². The number of aromatic nitrogens is 2. The maximum absolute atomic E-state index is 5.19. The lowest BCUT2D eigenvalue weighted by molar-refractivity contribution is 0.260. The monoisotopic (exact) mass is 511 g/mol. The minimum absolute atomic E-state index is 0. The van der Waals surface area contributed by atoms with Gasteiger partial charge in [-0.05, 0) is 23.8 Å². The lowest BCUT2D eigenvalue weighted by Crippen LogP contribution is -2.49. The van der Waals surface area contributed by atoms with E-state index in [1.54, 1.807) is 26.6 Å². The molecule has 9 heteroatoms. The van der Waals surface area contributed by atoms with Crippen LogP contribution in [-0.4, -0.2) is 74.3 Å². The molecule has 1 saturated heterocycles. The van der Waals surface area contributed by atoms with Crippen molar-refractivity contribution in [1.29, 1.82) is 0 Å². The quantitative estimate of drug-likeness (QED) is 0.332. The molecule has 2 N–H and O–H groups in total. The largest absolute Gasteiger partial charge is 0.497 e. The zero-order valence-corrected chi connectivity index (χ0v) is 19.4. The number of ether oxygens (including phenoxy) is 1. The number of hydrogen-bond donors (Lipinski definition) is 2. The molecular formula is C20H30IN7O. The first-order chi connectivity index (χ1) is 13.8. The summed E-state index contributed by atoms with van der Waals surface area (Å²) in [6.45, 7) is 6.48. The number of nitrogens with one attached hydrogen (secondary N) is 2. The Balaban J connectivity index is 0.00000300. The van der Waals surface area contributed by atoms with Crippen LogP contribution in [0.5, 0.6) is 5.75 Å². The summed E-state index contributed by atoms with van der Waals surface area (Å²) < 4.78 is 5.19. The molecule has 0 radical (unpaired) electrons. The van der Waals surface area contributed by atoms with Gasteiger partial charge in [-0.25, -0.2) is 9.97 Å². The predicted octanol–water partition coefficient (Wildman–Crippen LogP) is 1.59. The Morgan fingerprint density at radius 3 is 2.38 bits per heavy atom. The summed E-state index contributed by atoms with van der Waals surface area (Å²) in [5.74, 6) is 2.50. The molecule has 1 fully saturated rings. The average Bonchev–Trinajstić information content (AvgIpc) is 2.77. The Bertz CT molecular complexity index is 734. The van der Waals surface area contributed by atoms with E-state index in [1.165, 1.54) is 5.56 Å². The number of nitrogens with zero attached hydrogens (tertiary/aromatic N) is 5. The highest BCUT2D eigenvalue weighted by Gasteiger charge is 2.18. The summed E-state index contributed by atoms with van der Waals surface area (Å²) in [6, 6.07) is 9.88. The molecule has 3 rings (SSSR count). The summed E-state index contributed by atoms with van der Waals surface area (Å²) in [5.41, 5.74) is 1.18. The molecule has 1 aliphatic rings. The topological polar surface area (TPSA) is 77.9 Å². The normalized spacial score (nSPS) is 14.8. The van der Waals surface area contributed by atoms with Crippen LogP contribution >= 0.6 is 24.0 Å². The third-order valence-electron chi connectivity index (χ3n) is 4.77. The Labute approximate surface area is 189 Å². The number of aliphatic imine (C=N–C) groups is 1. The fraction of sp³-hybridized carbons (Fsp3) is 0.450. The van der Waals surface area contributed by atoms with Crippen molar-refractivity contribution in [3.8, 4) is 5.75 Å². The molecule has 8 nitrogen and oxygen atoms in total. The molecule has 0 atom stereocenters. The lowest BCUT2D eigenvalue weighted by Gasteiger charge is -2.34. The highest BCUT2D eigenvalue weighted by Crippen LogP contribution is 2.11. The highest BCUT2D eigenvalue weighted by molar-refractivity contribution is 14.0. The van der Waals surface area contributed by atoms with Gasteiger partial charge in [-0.3, -0.25) is 9.89 Å². The fourth-order valence-electron chi connectivity index (χ4n) is 3.11. The zero-order chi connectivity index (χ0) is 19.6. The molecule has 29 heavy (non-hydrogen) atoms. The Hall–Kier alpha value is -2.14. The van der Waals surface area contributed by atoms with E-state index in [4.69, 9.17) is 4.74 Å². The fourth-order valence-corrected chi connectivity index (χ4v) is 3.11. The third kappa shape index (κ3) is 7.32. The van der Waals surface area contributed by atoms with Gasteiger partial charge in [0.1, 0.15) is 5.75 Å². The van der Waals surface area contributed by atoms with Crippen LogP contribution in [0.1, 0.15) is 5.56 Å². The SMILES string of the molecule is CN=C(NCCN1CCN(c2ncccn2)CC1)NCc1ccc(OC)cc1.I. The van der Waals surface area contributed by atoms with E-state index >= 15 is 0 Å². The maximum Gasteiger partial charge on any atom is 0.225 e. The summed E-state index contributed by atoms with van der Waals surface area (Å²) >= 11 is 0. The van der Waals surface area contributed by atoms with Gasteiger partial charge in [-0.15, -0.1) is 24.0 Å². The van der Waals surface area contributed by atoms with Gasteiger partial charge in [0.25, 0.3) is 0 Å². The average molecular weight is 511 g/mol. The second-order valence-corrected chi connectivity index (χ2v) is 6.58. The first-order valence-corrected chi connectivity index (χ1v) is 9.60. The summed E-state index contributed by atoms with van der Waals surface area (Å²) in [5, 5.41) is 6.73. The number of hydrogen-bond acceptors (Lipinski definition) is 6. The van der Waals surface area contributed by atoms with Gasteiger partial charge in [0.05, 0.1) is 7.11 Å². The summed E-state index contributed by atoms with van der Waals surface area (Å²) in [4.78, 5) is 17.6. The van der Waals surface area contributed by atoms with Crippen LogP contribution in [0.4, 0.5) is 5.95 Å². The Morgan fingerprint density at radius 2 is 1.76 bits per heavy atom. The Kier molecular flexibility index (Phi) is 9.92. The number of benzene rings is 1. The van der Waals surface area contributed by atoms with Crippen LogP contribution < -0.4 is 20.3 Å². The van der Waals surface area contributed by atoms with Crippen LogP contribution in [0, 0.1) is 0 Å². The van der Waals surface area contributed by atoms with Crippen molar-refractivity contribution in [1.82, 2.24) is 25.5 Å². The zero-order valence-electron chi connectivity index (χ0n) is 17.0. The van der Waals surface area contributed by atoms with Gasteiger partial charge in [-0.1, -0.05) is 12.1 Å². The molecule has 0 amide bonds. The number of rotatable bonds is 7. The smallest absolute Gasteiger partial charge is 0.225 e. The minimum Gasteiger partial charge on any atom is -0.497 e. The van der Waals surface area contributed by atoms with E-state index < -0.39 is 0 Å². The molecule has 2 heterocycles.